The lowest BCUT2D eigenvalue weighted by atomic mass is 10.1. The highest BCUT2D eigenvalue weighted by molar-refractivity contribution is 5.69. The Morgan fingerprint density at radius 3 is 3.14 bits per heavy atom. The molecule has 3 rings (SSSR count). The van der Waals surface area contributed by atoms with Gasteiger partial charge in [-0.1, -0.05) is 12.1 Å². The van der Waals surface area contributed by atoms with Crippen LogP contribution in [0.2, 0.25) is 0 Å². The van der Waals surface area contributed by atoms with Gasteiger partial charge in [0.25, 0.3) is 0 Å². The minimum atomic E-state index is 0.689. The number of nitrogens with one attached hydrogen (secondary N) is 2. The minimum absolute atomic E-state index is 0.689. The van der Waals surface area contributed by atoms with Gasteiger partial charge in [0, 0.05) is 0 Å². The molecular weight excluding hydrogens is 180 g/mol. The van der Waals surface area contributed by atoms with E-state index in [-0.39, 0.29) is 0 Å². The maximum atomic E-state index is 5.58. The fourth-order valence-electron chi connectivity index (χ4n) is 1.63. The van der Waals surface area contributed by atoms with Crippen molar-refractivity contribution in [2.75, 3.05) is 13.2 Å². The second-order valence-corrected chi connectivity index (χ2v) is 3.18. The van der Waals surface area contributed by atoms with Gasteiger partial charge in [0.1, 0.15) is 6.61 Å². The lowest BCUT2D eigenvalue weighted by molar-refractivity contribution is 0.172. The quantitative estimate of drug-likeness (QED) is 0.636. The second-order valence-electron chi connectivity index (χ2n) is 3.18. The zero-order valence-electron chi connectivity index (χ0n) is 7.54. The van der Waals surface area contributed by atoms with Gasteiger partial charge in [0.05, 0.1) is 12.1 Å². The average Bonchev–Trinajstić information content (AvgIpc) is 2.29. The predicted molar refractivity (Wildman–Crippen MR) is 51.1 cm³/mol. The van der Waals surface area contributed by atoms with Gasteiger partial charge in [-0.2, -0.15) is 0 Å². The first-order valence-corrected chi connectivity index (χ1v) is 4.58. The largest absolute Gasteiger partial charge is 0.487 e. The molecule has 0 saturated heterocycles. The Kier molecular flexibility index (Phi) is 1.53. The molecule has 2 N–H and O–H groups in total. The number of rotatable bonds is 0. The summed E-state index contributed by atoms with van der Waals surface area (Å²) in [6.45, 7) is 1.49. The molecule has 2 heterocycles. The number of hydrogen-bond acceptors (Lipinski definition) is 4. The molecule has 0 amide bonds. The molecule has 1 aromatic rings. The third kappa shape index (κ3) is 1.00. The number of benzene rings is 1. The Balaban J connectivity index is 2.13. The zero-order valence-corrected chi connectivity index (χ0v) is 7.54. The predicted octanol–water partition coefficient (Wildman–Crippen LogP) is 0.829. The lowest BCUT2D eigenvalue weighted by Gasteiger charge is -2.28. The average molecular weight is 190 g/mol. The Bertz CT molecular complexity index is 401. The molecule has 0 aromatic heterocycles. The molecular formula is C10H10N2O2. The van der Waals surface area contributed by atoms with E-state index in [0.717, 1.165) is 29.4 Å². The molecule has 4 heteroatoms. The molecule has 0 fully saturated rings. The molecule has 0 radical (unpaired) electrons. The van der Waals surface area contributed by atoms with Gasteiger partial charge in [-0.25, -0.2) is 5.48 Å². The summed E-state index contributed by atoms with van der Waals surface area (Å²) < 4.78 is 5.58. The number of ether oxygens (including phenoxy) is 1. The van der Waals surface area contributed by atoms with Gasteiger partial charge in [-0.3, -0.25) is 0 Å². The van der Waals surface area contributed by atoms with Crippen molar-refractivity contribution in [3.8, 4) is 5.75 Å². The molecule has 0 aliphatic carbocycles. The van der Waals surface area contributed by atoms with E-state index in [9.17, 15) is 0 Å². The van der Waals surface area contributed by atoms with Crippen LogP contribution in [0.3, 0.4) is 0 Å². The summed E-state index contributed by atoms with van der Waals surface area (Å²) in [7, 11) is 0. The number of para-hydroxylation sites is 1. The number of hydroxylamine groups is 1. The molecule has 2 aliphatic heterocycles. The van der Waals surface area contributed by atoms with Crippen molar-refractivity contribution >= 4 is 5.76 Å². The Morgan fingerprint density at radius 2 is 2.14 bits per heavy atom. The van der Waals surface area contributed by atoms with Crippen LogP contribution in [0.5, 0.6) is 5.75 Å². The van der Waals surface area contributed by atoms with Gasteiger partial charge < -0.3 is 14.9 Å². The zero-order chi connectivity index (χ0) is 9.38. The summed E-state index contributed by atoms with van der Waals surface area (Å²) in [4.78, 5) is 5.34. The highest BCUT2D eigenvalue weighted by atomic mass is 16.7. The van der Waals surface area contributed by atoms with Gasteiger partial charge in [-0.15, -0.1) is 0 Å². The van der Waals surface area contributed by atoms with Crippen LogP contribution in [0, 0.1) is 0 Å². The maximum Gasteiger partial charge on any atom is 0.177 e. The van der Waals surface area contributed by atoms with Crippen LogP contribution in [0.15, 0.2) is 30.1 Å². The van der Waals surface area contributed by atoms with Crippen molar-refractivity contribution in [2.45, 2.75) is 0 Å². The maximum absolute atomic E-state index is 5.58. The van der Waals surface area contributed by atoms with Crippen molar-refractivity contribution in [3.05, 3.63) is 35.6 Å². The molecule has 0 atom stereocenters. The minimum Gasteiger partial charge on any atom is -0.487 e. The Labute approximate surface area is 81.5 Å². The molecule has 2 aliphatic rings. The van der Waals surface area contributed by atoms with Crippen molar-refractivity contribution in [2.24, 2.45) is 0 Å². The smallest absolute Gasteiger partial charge is 0.177 e. The van der Waals surface area contributed by atoms with Gasteiger partial charge in [-0.05, 0) is 12.1 Å². The SMILES string of the molecule is c1ccc2c(c1)ONC1=C2OCCN1. The van der Waals surface area contributed by atoms with Crippen LogP contribution in [0.4, 0.5) is 0 Å². The fourth-order valence-corrected chi connectivity index (χ4v) is 1.63. The number of fused-ring (bicyclic) bond motifs is 2. The van der Waals surface area contributed by atoms with Crippen LogP contribution in [0.1, 0.15) is 5.56 Å². The molecule has 14 heavy (non-hydrogen) atoms. The van der Waals surface area contributed by atoms with E-state index in [1.807, 2.05) is 24.3 Å². The Morgan fingerprint density at radius 1 is 1.21 bits per heavy atom. The fraction of sp³-hybridized carbons (Fsp3) is 0.200. The molecule has 0 bridgehead atoms. The van der Waals surface area contributed by atoms with E-state index in [1.165, 1.54) is 0 Å². The molecule has 0 unspecified atom stereocenters. The van der Waals surface area contributed by atoms with E-state index in [4.69, 9.17) is 9.57 Å². The van der Waals surface area contributed by atoms with Crippen LogP contribution in [-0.2, 0) is 4.74 Å². The van der Waals surface area contributed by atoms with Crippen LogP contribution in [0.25, 0.3) is 5.76 Å². The monoisotopic (exact) mass is 190 g/mol. The van der Waals surface area contributed by atoms with Crippen molar-refractivity contribution in [1.82, 2.24) is 10.8 Å². The standard InChI is InChI=1S/C10H10N2O2/c1-2-4-8-7(3-1)9-10(12-14-8)11-5-6-13-9/h1-4,11-12H,5-6H2. The lowest BCUT2D eigenvalue weighted by Crippen LogP contribution is -2.38. The van der Waals surface area contributed by atoms with Crippen LogP contribution >= 0.6 is 0 Å². The van der Waals surface area contributed by atoms with Crippen molar-refractivity contribution in [1.29, 1.82) is 0 Å². The topological polar surface area (TPSA) is 42.5 Å². The molecule has 0 spiro atoms. The van der Waals surface area contributed by atoms with Crippen LogP contribution < -0.4 is 15.6 Å². The highest BCUT2D eigenvalue weighted by Gasteiger charge is 2.23. The highest BCUT2D eigenvalue weighted by Crippen LogP contribution is 2.31. The first-order chi connectivity index (χ1) is 6.95. The van der Waals surface area contributed by atoms with E-state index < -0.39 is 0 Å². The normalized spacial score (nSPS) is 18.0. The third-order valence-corrected chi connectivity index (χ3v) is 2.27. The summed E-state index contributed by atoms with van der Waals surface area (Å²) in [6.07, 6.45) is 0. The molecule has 1 aromatic carbocycles. The number of hydrogen-bond donors (Lipinski definition) is 2. The van der Waals surface area contributed by atoms with Crippen molar-refractivity contribution in [3.63, 3.8) is 0 Å². The summed E-state index contributed by atoms with van der Waals surface area (Å²) >= 11 is 0. The molecule has 0 saturated carbocycles. The summed E-state index contributed by atoms with van der Waals surface area (Å²) in [5.74, 6) is 2.46. The summed E-state index contributed by atoms with van der Waals surface area (Å²) in [5.41, 5.74) is 3.81. The summed E-state index contributed by atoms with van der Waals surface area (Å²) in [6, 6.07) is 7.79. The first-order valence-electron chi connectivity index (χ1n) is 4.58. The van der Waals surface area contributed by atoms with Gasteiger partial charge in [0.2, 0.25) is 0 Å². The molecule has 72 valence electrons. The molecule has 4 nitrogen and oxygen atoms in total. The van der Waals surface area contributed by atoms with Crippen LogP contribution in [-0.4, -0.2) is 13.2 Å². The van der Waals surface area contributed by atoms with Gasteiger partial charge >= 0.3 is 0 Å². The first kappa shape index (κ1) is 7.55. The van der Waals surface area contributed by atoms with E-state index >= 15 is 0 Å². The van der Waals surface area contributed by atoms with E-state index in [1.54, 1.807) is 0 Å². The summed E-state index contributed by atoms with van der Waals surface area (Å²) in [5, 5.41) is 3.18. The van der Waals surface area contributed by atoms with E-state index in [2.05, 4.69) is 10.8 Å². The Hall–Kier alpha value is -1.84. The second kappa shape index (κ2) is 2.83. The third-order valence-electron chi connectivity index (χ3n) is 2.27. The van der Waals surface area contributed by atoms with Crippen molar-refractivity contribution < 1.29 is 9.57 Å². The van der Waals surface area contributed by atoms with Gasteiger partial charge in [0.15, 0.2) is 17.3 Å². The van der Waals surface area contributed by atoms with E-state index in [0.29, 0.717) is 6.61 Å².